The average molecular weight is 1160 g/mol. The minimum absolute atomic E-state index is 0.0692. The molecule has 2 unspecified atom stereocenters. The monoisotopic (exact) mass is 1160 g/mol. The standard InChI is InChI=1S/C36H62N2O5.C33H47NO6/c1-14-15-16-36(19-26-17-24(2)29(39)25(3)18-26,30(43-41)27-20-32(4,5)37(12)33(6,7)21-27)31(40)42-28-22-34(8,9)38(13)35(10,11)23-28;1-21-15-25(16-22(2)30(21)37)9-11-28(35)39-14-13-34-32(5,6)19-27(20-33(34,7)8)40-29(36)12-10-26-17-23(3)31(38)24(4)18-26/h17-18,27-28,30,39,41H,14-16,19-23H2,1-13H3;15-18,27,37-38H,9-14,19-20H2,1-8H3. The Balaban J connectivity index is 0.000000305. The number of phenolic OH excluding ortho intramolecular Hbond substituents is 3. The molecule has 4 N–H and O–H groups in total. The molecule has 3 aromatic carbocycles. The maximum atomic E-state index is 14.9. The van der Waals surface area contributed by atoms with Crippen LogP contribution < -0.4 is 0 Å². The molecular weight excluding hydrogens is 1050 g/mol. The van der Waals surface area contributed by atoms with E-state index in [1.54, 1.807) is 0 Å². The second-order valence-electron chi connectivity index (χ2n) is 29.2. The molecule has 3 aliphatic rings. The zero-order valence-corrected chi connectivity index (χ0v) is 55.1. The maximum Gasteiger partial charge on any atom is 0.315 e. The van der Waals surface area contributed by atoms with Crippen LogP contribution in [0.15, 0.2) is 36.4 Å². The van der Waals surface area contributed by atoms with Gasteiger partial charge in [0.25, 0.3) is 0 Å². The van der Waals surface area contributed by atoms with E-state index in [1.807, 2.05) is 77.9 Å². The number of aryl methyl sites for hydroxylation is 8. The Bertz CT molecular complexity index is 2620. The highest BCUT2D eigenvalue weighted by Crippen LogP contribution is 2.50. The van der Waals surface area contributed by atoms with Crippen molar-refractivity contribution < 1.29 is 54.1 Å². The van der Waals surface area contributed by atoms with Gasteiger partial charge in [0.05, 0.1) is 0 Å². The largest absolute Gasteiger partial charge is 0.507 e. The van der Waals surface area contributed by atoms with Gasteiger partial charge in [-0.05, 0) is 233 Å². The van der Waals surface area contributed by atoms with E-state index >= 15 is 0 Å². The van der Waals surface area contributed by atoms with Crippen molar-refractivity contribution >= 4 is 17.9 Å². The molecule has 0 spiro atoms. The van der Waals surface area contributed by atoms with Gasteiger partial charge >= 0.3 is 17.9 Å². The minimum atomic E-state index is -1.11. The van der Waals surface area contributed by atoms with Gasteiger partial charge in [-0.15, -0.1) is 0 Å². The summed E-state index contributed by atoms with van der Waals surface area (Å²) in [5, 5.41) is 41.3. The number of aromatic hydroxyl groups is 3. The Morgan fingerprint density at radius 3 is 1.31 bits per heavy atom. The minimum Gasteiger partial charge on any atom is -0.507 e. The molecule has 3 heterocycles. The van der Waals surface area contributed by atoms with Crippen molar-refractivity contribution in [3.8, 4) is 17.2 Å². The summed E-state index contributed by atoms with van der Waals surface area (Å²) in [6.07, 6.45) is 7.59. The number of ether oxygens (including phenoxy) is 3. The van der Waals surface area contributed by atoms with Crippen molar-refractivity contribution in [1.29, 1.82) is 0 Å². The molecule has 3 aromatic rings. The van der Waals surface area contributed by atoms with E-state index in [2.05, 4.69) is 119 Å². The molecule has 0 aliphatic carbocycles. The predicted octanol–water partition coefficient (Wildman–Crippen LogP) is 13.7. The summed E-state index contributed by atoms with van der Waals surface area (Å²) in [5.74, 6) is 0.0865. The molecular formula is C69H109N3O11. The number of nitrogens with zero attached hydrogens (tertiary/aromatic N) is 3. The van der Waals surface area contributed by atoms with Gasteiger partial charge in [0.1, 0.15) is 47.6 Å². The Hall–Kier alpha value is -4.73. The number of carbonyl (C=O) groups is 3. The number of likely N-dealkylation sites (tertiary alicyclic amines) is 3. The SMILES string of the molecule is CCCCC(Cc1cc(C)c(O)c(C)c1)(C(=O)OC1CC(C)(C)N(C)C(C)(C)C1)C(OO)C1CC(C)(C)N(C)C(C)(C)C1.Cc1cc(CCC(=O)OCCN2C(C)(C)CC(OC(=O)CCc3cc(C)c(O)c(C)c3)CC2(C)C)cc(C)c1O. The summed E-state index contributed by atoms with van der Waals surface area (Å²) in [7, 11) is 4.31. The third kappa shape index (κ3) is 16.8. The Kier molecular flexibility index (Phi) is 22.4. The second-order valence-corrected chi connectivity index (χ2v) is 29.2. The molecule has 0 radical (unpaired) electrons. The first-order valence-corrected chi connectivity index (χ1v) is 30.7. The molecule has 6 rings (SSSR count). The number of hydrogen-bond acceptors (Lipinski definition) is 14. The van der Waals surface area contributed by atoms with E-state index < -0.39 is 11.5 Å². The maximum absolute atomic E-state index is 14.9. The van der Waals surface area contributed by atoms with Crippen LogP contribution in [0, 0.1) is 52.9 Å². The number of hydrogen-bond donors (Lipinski definition) is 4. The number of rotatable bonds is 20. The summed E-state index contributed by atoms with van der Waals surface area (Å²) in [6, 6.07) is 11.6. The number of phenols is 3. The number of benzene rings is 3. The lowest BCUT2D eigenvalue weighted by Gasteiger charge is -2.56. The second kappa shape index (κ2) is 26.9. The highest BCUT2D eigenvalue weighted by molar-refractivity contribution is 5.79. The van der Waals surface area contributed by atoms with Crippen LogP contribution >= 0.6 is 0 Å². The first-order chi connectivity index (χ1) is 38.2. The fourth-order valence-corrected chi connectivity index (χ4v) is 14.9. The molecule has 0 saturated carbocycles. The van der Waals surface area contributed by atoms with Gasteiger partial charge in [-0.3, -0.25) is 34.3 Å². The van der Waals surface area contributed by atoms with Crippen LogP contribution in [0.3, 0.4) is 0 Å². The summed E-state index contributed by atoms with van der Waals surface area (Å²) >= 11 is 0. The van der Waals surface area contributed by atoms with Crippen LogP contribution in [0.1, 0.15) is 211 Å². The Morgan fingerprint density at radius 2 is 0.916 bits per heavy atom. The predicted molar refractivity (Wildman–Crippen MR) is 331 cm³/mol. The van der Waals surface area contributed by atoms with Crippen LogP contribution in [0.2, 0.25) is 0 Å². The molecule has 3 saturated heterocycles. The van der Waals surface area contributed by atoms with Gasteiger partial charge in [-0.25, -0.2) is 4.89 Å². The van der Waals surface area contributed by atoms with Gasteiger partial charge in [-0.2, -0.15) is 0 Å². The molecule has 14 heteroatoms. The highest BCUT2D eigenvalue weighted by Gasteiger charge is 2.57. The summed E-state index contributed by atoms with van der Waals surface area (Å²) in [6.45, 7) is 40.6. The van der Waals surface area contributed by atoms with E-state index in [0.717, 1.165) is 88.6 Å². The first-order valence-electron chi connectivity index (χ1n) is 30.7. The summed E-state index contributed by atoms with van der Waals surface area (Å²) in [5.41, 5.74) is 5.57. The smallest absolute Gasteiger partial charge is 0.315 e. The number of piperidine rings is 3. The van der Waals surface area contributed by atoms with Crippen molar-refractivity contribution in [2.75, 3.05) is 27.2 Å². The van der Waals surface area contributed by atoms with Crippen LogP contribution in [0.25, 0.3) is 0 Å². The van der Waals surface area contributed by atoms with Gasteiger partial charge in [0.2, 0.25) is 0 Å². The fraction of sp³-hybridized carbons (Fsp3) is 0.696. The van der Waals surface area contributed by atoms with Crippen LogP contribution in [0.4, 0.5) is 0 Å². The zero-order chi connectivity index (χ0) is 62.6. The van der Waals surface area contributed by atoms with E-state index in [9.17, 15) is 35.0 Å². The van der Waals surface area contributed by atoms with Crippen molar-refractivity contribution in [3.63, 3.8) is 0 Å². The molecule has 2 atom stereocenters. The van der Waals surface area contributed by atoms with Gasteiger partial charge in [0, 0.05) is 78.3 Å². The molecule has 3 fully saturated rings. The molecule has 83 heavy (non-hydrogen) atoms. The lowest BCUT2D eigenvalue weighted by molar-refractivity contribution is -0.324. The number of unbranched alkanes of at least 4 members (excludes halogenated alkanes) is 1. The summed E-state index contributed by atoms with van der Waals surface area (Å²) < 4.78 is 18.1. The van der Waals surface area contributed by atoms with Crippen molar-refractivity contribution in [2.24, 2.45) is 11.3 Å². The lowest BCUT2D eigenvalue weighted by atomic mass is 9.62. The van der Waals surface area contributed by atoms with Gasteiger partial charge < -0.3 is 29.5 Å². The van der Waals surface area contributed by atoms with E-state index in [4.69, 9.17) is 19.1 Å². The summed E-state index contributed by atoms with van der Waals surface area (Å²) in [4.78, 5) is 52.8. The van der Waals surface area contributed by atoms with Crippen LogP contribution in [0.5, 0.6) is 17.2 Å². The number of carbonyl (C=O) groups excluding carboxylic acids is 3. The van der Waals surface area contributed by atoms with Crippen molar-refractivity contribution in [2.45, 2.75) is 273 Å². The van der Waals surface area contributed by atoms with Crippen LogP contribution in [-0.4, -0.2) is 132 Å². The van der Waals surface area contributed by atoms with E-state index in [1.165, 1.54) is 0 Å². The molecule has 466 valence electrons. The molecule has 0 aromatic heterocycles. The van der Waals surface area contributed by atoms with Crippen LogP contribution in [-0.2, 0) is 52.7 Å². The molecule has 0 amide bonds. The van der Waals surface area contributed by atoms with E-state index in [0.29, 0.717) is 69.6 Å². The topological polar surface area (TPSA) is 179 Å². The normalized spacial score (nSPS) is 21.0. The van der Waals surface area contributed by atoms with Crippen molar-refractivity contribution in [1.82, 2.24) is 14.7 Å². The highest BCUT2D eigenvalue weighted by atomic mass is 17.1. The quantitative estimate of drug-likeness (QED) is 0.0363. The Morgan fingerprint density at radius 1 is 0.554 bits per heavy atom. The van der Waals surface area contributed by atoms with Crippen molar-refractivity contribution in [3.05, 3.63) is 86.5 Å². The fourth-order valence-electron chi connectivity index (χ4n) is 14.9. The first kappa shape index (κ1) is 69.0. The number of esters is 3. The third-order valence-corrected chi connectivity index (χ3v) is 19.6. The Labute approximate surface area is 499 Å². The zero-order valence-electron chi connectivity index (χ0n) is 55.1. The average Bonchev–Trinajstić information content (AvgIpc) is 3.46. The molecule has 14 nitrogen and oxygen atoms in total. The lowest BCUT2D eigenvalue weighted by Crippen LogP contribution is -2.63. The van der Waals surface area contributed by atoms with Gasteiger partial charge in [-0.1, -0.05) is 56.2 Å². The molecule has 3 aliphatic heterocycles. The van der Waals surface area contributed by atoms with E-state index in [-0.39, 0.29) is 81.4 Å². The third-order valence-electron chi connectivity index (χ3n) is 19.6. The molecule has 0 bridgehead atoms. The van der Waals surface area contributed by atoms with Gasteiger partial charge in [0.15, 0.2) is 0 Å².